The molecule has 1 aliphatic heterocycles. The number of benzene rings is 1. The molecule has 0 atom stereocenters. The fraction of sp³-hybridized carbons (Fsp3) is 0.556. The van der Waals surface area contributed by atoms with Gasteiger partial charge in [-0.25, -0.2) is 0 Å². The third-order valence-electron chi connectivity index (χ3n) is 4.10. The van der Waals surface area contributed by atoms with Crippen LogP contribution in [0.1, 0.15) is 18.4 Å². The fourth-order valence-electron chi connectivity index (χ4n) is 2.76. The minimum Gasteiger partial charge on any atom is -0.383 e. The van der Waals surface area contributed by atoms with Crippen LogP contribution >= 0.6 is 0 Å². The molecule has 1 fully saturated rings. The maximum Gasteiger partial charge on any atom is 0.0587 e. The summed E-state index contributed by atoms with van der Waals surface area (Å²) in [6.07, 6.45) is 7.11. The Labute approximate surface area is 129 Å². The lowest BCUT2D eigenvalue weighted by Gasteiger charge is -2.31. The number of hydrogen-bond donors (Lipinski definition) is 1. The monoisotopic (exact) mass is 288 g/mol. The van der Waals surface area contributed by atoms with Crippen LogP contribution in [0.15, 0.2) is 36.4 Å². The van der Waals surface area contributed by atoms with Crippen molar-refractivity contribution in [1.82, 2.24) is 10.2 Å². The van der Waals surface area contributed by atoms with Crippen molar-refractivity contribution in [2.24, 2.45) is 5.92 Å². The molecule has 0 bridgehead atoms. The molecule has 1 aromatic rings. The standard InChI is InChI=1S/C18H28N2O/c1-21-15-11-19-16-18-9-13-20(14-10-18)12-5-8-17-6-3-2-4-7-17/h2-8,18-19H,9-16H2,1H3. The van der Waals surface area contributed by atoms with Gasteiger partial charge in [-0.2, -0.15) is 0 Å². The Morgan fingerprint density at radius 1 is 1.24 bits per heavy atom. The fourth-order valence-corrected chi connectivity index (χ4v) is 2.76. The molecule has 0 unspecified atom stereocenters. The zero-order chi connectivity index (χ0) is 14.8. The van der Waals surface area contributed by atoms with Gasteiger partial charge in [-0.15, -0.1) is 0 Å². The summed E-state index contributed by atoms with van der Waals surface area (Å²) in [5.74, 6) is 0.830. The molecular formula is C18H28N2O. The van der Waals surface area contributed by atoms with Crippen molar-refractivity contribution < 1.29 is 4.74 Å². The summed E-state index contributed by atoms with van der Waals surface area (Å²) in [7, 11) is 1.75. The summed E-state index contributed by atoms with van der Waals surface area (Å²) in [4.78, 5) is 2.55. The molecule has 0 amide bonds. The molecule has 0 spiro atoms. The van der Waals surface area contributed by atoms with Crippen molar-refractivity contribution in [2.75, 3.05) is 46.4 Å². The highest BCUT2D eigenvalue weighted by molar-refractivity contribution is 5.48. The van der Waals surface area contributed by atoms with Crippen molar-refractivity contribution in [3.8, 4) is 0 Å². The largest absolute Gasteiger partial charge is 0.383 e. The van der Waals surface area contributed by atoms with Crippen LogP contribution in [-0.4, -0.2) is 51.3 Å². The molecule has 0 radical (unpaired) electrons. The average Bonchev–Trinajstić information content (AvgIpc) is 2.54. The summed E-state index contributed by atoms with van der Waals surface area (Å²) in [5, 5.41) is 3.48. The number of piperidine rings is 1. The van der Waals surface area contributed by atoms with Crippen LogP contribution in [0.2, 0.25) is 0 Å². The van der Waals surface area contributed by atoms with Gasteiger partial charge in [0.1, 0.15) is 0 Å². The number of likely N-dealkylation sites (tertiary alicyclic amines) is 1. The molecular weight excluding hydrogens is 260 g/mol. The zero-order valence-corrected chi connectivity index (χ0v) is 13.1. The van der Waals surface area contributed by atoms with E-state index in [9.17, 15) is 0 Å². The van der Waals surface area contributed by atoms with Crippen molar-refractivity contribution in [3.63, 3.8) is 0 Å². The molecule has 1 N–H and O–H groups in total. The number of hydrogen-bond acceptors (Lipinski definition) is 3. The van der Waals surface area contributed by atoms with Crippen LogP contribution in [0.5, 0.6) is 0 Å². The first kappa shape index (κ1) is 16.2. The lowest BCUT2D eigenvalue weighted by Crippen LogP contribution is -2.37. The Morgan fingerprint density at radius 3 is 2.71 bits per heavy atom. The summed E-state index contributed by atoms with van der Waals surface area (Å²) >= 11 is 0. The molecule has 2 rings (SSSR count). The summed E-state index contributed by atoms with van der Waals surface area (Å²) in [5.41, 5.74) is 1.29. The van der Waals surface area contributed by atoms with Crippen molar-refractivity contribution >= 4 is 6.08 Å². The van der Waals surface area contributed by atoms with Crippen LogP contribution < -0.4 is 5.32 Å². The Balaban J connectivity index is 1.60. The number of ether oxygens (including phenoxy) is 1. The highest BCUT2D eigenvalue weighted by Gasteiger charge is 2.17. The number of nitrogens with zero attached hydrogens (tertiary/aromatic N) is 1. The van der Waals surface area contributed by atoms with E-state index < -0.39 is 0 Å². The summed E-state index contributed by atoms with van der Waals surface area (Å²) in [6, 6.07) is 10.5. The van der Waals surface area contributed by atoms with Crippen molar-refractivity contribution in [3.05, 3.63) is 42.0 Å². The van der Waals surface area contributed by atoms with Crippen LogP contribution in [0.25, 0.3) is 6.08 Å². The zero-order valence-electron chi connectivity index (χ0n) is 13.1. The molecule has 21 heavy (non-hydrogen) atoms. The second kappa shape index (κ2) is 9.72. The van der Waals surface area contributed by atoms with Gasteiger partial charge in [-0.05, 0) is 44.0 Å². The van der Waals surface area contributed by atoms with Crippen LogP contribution in [0.3, 0.4) is 0 Å². The second-order valence-electron chi connectivity index (χ2n) is 5.75. The minimum absolute atomic E-state index is 0.809. The SMILES string of the molecule is COCCNCC1CCN(CC=Cc2ccccc2)CC1. The van der Waals surface area contributed by atoms with Gasteiger partial charge in [0.15, 0.2) is 0 Å². The van der Waals surface area contributed by atoms with Gasteiger partial charge in [-0.3, -0.25) is 4.90 Å². The lowest BCUT2D eigenvalue weighted by atomic mass is 9.97. The molecule has 3 heteroatoms. The predicted octanol–water partition coefficient (Wildman–Crippen LogP) is 2.65. The van der Waals surface area contributed by atoms with Gasteiger partial charge in [0, 0.05) is 20.2 Å². The number of methoxy groups -OCH3 is 1. The third kappa shape index (κ3) is 6.42. The molecule has 116 valence electrons. The van der Waals surface area contributed by atoms with Gasteiger partial charge in [0.05, 0.1) is 6.61 Å². The molecule has 0 aromatic heterocycles. The van der Waals surface area contributed by atoms with E-state index in [-0.39, 0.29) is 0 Å². The van der Waals surface area contributed by atoms with E-state index in [0.29, 0.717) is 0 Å². The first-order chi connectivity index (χ1) is 10.4. The molecule has 1 aromatic carbocycles. The first-order valence-corrected chi connectivity index (χ1v) is 8.02. The van der Waals surface area contributed by atoms with E-state index >= 15 is 0 Å². The summed E-state index contributed by atoms with van der Waals surface area (Å²) in [6.45, 7) is 6.42. The van der Waals surface area contributed by atoms with Gasteiger partial charge < -0.3 is 10.1 Å². The lowest BCUT2D eigenvalue weighted by molar-refractivity contribution is 0.182. The van der Waals surface area contributed by atoms with Crippen molar-refractivity contribution in [2.45, 2.75) is 12.8 Å². The molecule has 1 aliphatic rings. The Kier molecular flexibility index (Phi) is 7.50. The van der Waals surface area contributed by atoms with Crippen LogP contribution in [0, 0.1) is 5.92 Å². The Bertz CT molecular complexity index is 397. The Morgan fingerprint density at radius 2 is 2.00 bits per heavy atom. The van der Waals surface area contributed by atoms with E-state index in [2.05, 4.69) is 52.7 Å². The highest BCUT2D eigenvalue weighted by Crippen LogP contribution is 2.16. The first-order valence-electron chi connectivity index (χ1n) is 8.02. The smallest absolute Gasteiger partial charge is 0.0587 e. The number of nitrogens with one attached hydrogen (secondary N) is 1. The Hall–Kier alpha value is -1.16. The topological polar surface area (TPSA) is 24.5 Å². The highest BCUT2D eigenvalue weighted by atomic mass is 16.5. The predicted molar refractivity (Wildman–Crippen MR) is 89.4 cm³/mol. The van der Waals surface area contributed by atoms with Gasteiger partial charge in [0.2, 0.25) is 0 Å². The average molecular weight is 288 g/mol. The normalized spacial score (nSPS) is 17.6. The van der Waals surface area contributed by atoms with E-state index in [0.717, 1.165) is 32.2 Å². The molecule has 1 saturated heterocycles. The maximum atomic E-state index is 5.05. The van der Waals surface area contributed by atoms with Gasteiger partial charge >= 0.3 is 0 Å². The molecule has 1 heterocycles. The van der Waals surface area contributed by atoms with Crippen molar-refractivity contribution in [1.29, 1.82) is 0 Å². The molecule has 3 nitrogen and oxygen atoms in total. The summed E-state index contributed by atoms with van der Waals surface area (Å²) < 4.78 is 5.05. The third-order valence-corrected chi connectivity index (χ3v) is 4.10. The maximum absolute atomic E-state index is 5.05. The number of rotatable bonds is 8. The van der Waals surface area contributed by atoms with Gasteiger partial charge in [-0.1, -0.05) is 42.5 Å². The quantitative estimate of drug-likeness (QED) is 0.744. The minimum atomic E-state index is 0.809. The van der Waals surface area contributed by atoms with E-state index in [4.69, 9.17) is 4.74 Å². The van der Waals surface area contributed by atoms with E-state index in [1.807, 2.05) is 0 Å². The molecule has 0 aliphatic carbocycles. The van der Waals surface area contributed by atoms with E-state index in [1.54, 1.807) is 7.11 Å². The van der Waals surface area contributed by atoms with Crippen LogP contribution in [-0.2, 0) is 4.74 Å². The second-order valence-corrected chi connectivity index (χ2v) is 5.75. The van der Waals surface area contributed by atoms with E-state index in [1.165, 1.54) is 31.5 Å². The van der Waals surface area contributed by atoms with Crippen LogP contribution in [0.4, 0.5) is 0 Å². The molecule has 0 saturated carbocycles. The van der Waals surface area contributed by atoms with Gasteiger partial charge in [0.25, 0.3) is 0 Å².